The summed E-state index contributed by atoms with van der Waals surface area (Å²) in [5, 5.41) is 3.12. The Morgan fingerprint density at radius 3 is 2.13 bits per heavy atom. The number of rotatable bonds is 9. The summed E-state index contributed by atoms with van der Waals surface area (Å²) in [5.74, 6) is 2.45. The average Bonchev–Trinajstić information content (AvgIpc) is 2.80. The number of benzene rings is 2. The lowest BCUT2D eigenvalue weighted by Crippen LogP contribution is -3.28. The Hall–Kier alpha value is -2.77. The van der Waals surface area contributed by atoms with Gasteiger partial charge in [-0.05, 0) is 49.4 Å². The Bertz CT molecular complexity index is 848. The van der Waals surface area contributed by atoms with Crippen molar-refractivity contribution in [3.8, 4) is 17.2 Å². The van der Waals surface area contributed by atoms with Crippen molar-refractivity contribution in [2.45, 2.75) is 19.5 Å². The molecule has 0 aromatic heterocycles. The Labute approximate surface area is 184 Å². The van der Waals surface area contributed by atoms with Crippen molar-refractivity contribution in [1.82, 2.24) is 5.32 Å². The van der Waals surface area contributed by atoms with Crippen LogP contribution >= 0.6 is 0 Å². The molecule has 1 saturated heterocycles. The van der Waals surface area contributed by atoms with Crippen molar-refractivity contribution in [2.75, 3.05) is 54.1 Å². The molecule has 0 radical (unpaired) electrons. The van der Waals surface area contributed by atoms with E-state index in [2.05, 4.69) is 17.4 Å². The molecule has 2 aromatic carbocycles. The van der Waals surface area contributed by atoms with Gasteiger partial charge in [-0.3, -0.25) is 4.79 Å². The third-order valence-corrected chi connectivity index (χ3v) is 5.97. The first-order valence-electron chi connectivity index (χ1n) is 10.8. The van der Waals surface area contributed by atoms with Crippen LogP contribution in [0.3, 0.4) is 0 Å². The average molecular weight is 430 g/mol. The number of hydrogen-bond donors (Lipinski definition) is 3. The number of methoxy groups -OCH3 is 3. The molecule has 1 aliphatic heterocycles. The maximum absolute atomic E-state index is 12.7. The molecule has 2 aromatic rings. The summed E-state index contributed by atoms with van der Waals surface area (Å²) < 4.78 is 16.0. The minimum atomic E-state index is -0.154. The highest BCUT2D eigenvalue weighted by atomic mass is 16.5. The van der Waals surface area contributed by atoms with Crippen LogP contribution < -0.4 is 29.3 Å². The number of amides is 1. The predicted molar refractivity (Wildman–Crippen MR) is 119 cm³/mol. The van der Waals surface area contributed by atoms with Crippen LogP contribution in [0, 0.1) is 0 Å². The molecule has 3 N–H and O–H groups in total. The zero-order valence-electron chi connectivity index (χ0n) is 19.0. The molecular weight excluding hydrogens is 394 g/mol. The highest BCUT2D eigenvalue weighted by Crippen LogP contribution is 2.29. The molecule has 0 unspecified atom stereocenters. The van der Waals surface area contributed by atoms with Crippen LogP contribution in [0.1, 0.15) is 24.1 Å². The quantitative estimate of drug-likeness (QED) is 0.520. The molecule has 3 rings (SSSR count). The maximum Gasteiger partial charge on any atom is 0.275 e. The molecule has 31 heavy (non-hydrogen) atoms. The minimum absolute atomic E-state index is 0.0611. The molecule has 7 nitrogen and oxygen atoms in total. The standard InChI is InChI=1S/C24H33N3O4/c1-18(22-15-21(30-3)9-10-23(22)31-4)25-24(28)17-27-13-11-26(12-14-27)16-19-5-7-20(29-2)8-6-19/h5-10,15,18H,11-14,16-17H2,1-4H3,(H,25,28)/p+2/t18-/m0/s1. The van der Waals surface area contributed by atoms with E-state index in [1.54, 1.807) is 26.2 Å². The lowest BCUT2D eigenvalue weighted by atomic mass is 10.1. The van der Waals surface area contributed by atoms with Crippen LogP contribution in [0.2, 0.25) is 0 Å². The first kappa shape index (κ1) is 22.9. The SMILES string of the molecule is COc1ccc(C[NH+]2CC[NH+](CC(=O)N[C@@H](C)c3cc(OC)ccc3OC)CC2)cc1. The Balaban J connectivity index is 1.46. The van der Waals surface area contributed by atoms with Gasteiger partial charge in [-0.2, -0.15) is 0 Å². The monoisotopic (exact) mass is 429 g/mol. The van der Waals surface area contributed by atoms with E-state index in [-0.39, 0.29) is 11.9 Å². The van der Waals surface area contributed by atoms with Gasteiger partial charge in [-0.25, -0.2) is 0 Å². The first-order valence-corrected chi connectivity index (χ1v) is 10.8. The first-order chi connectivity index (χ1) is 15.0. The van der Waals surface area contributed by atoms with Crippen LogP contribution in [0.4, 0.5) is 0 Å². The van der Waals surface area contributed by atoms with Crippen molar-refractivity contribution < 1.29 is 28.8 Å². The highest BCUT2D eigenvalue weighted by molar-refractivity contribution is 5.77. The molecule has 1 atom stereocenters. The van der Waals surface area contributed by atoms with Crippen molar-refractivity contribution in [2.24, 2.45) is 0 Å². The van der Waals surface area contributed by atoms with Crippen molar-refractivity contribution in [1.29, 1.82) is 0 Å². The molecule has 0 bridgehead atoms. The third kappa shape index (κ3) is 6.35. The molecule has 1 fully saturated rings. The fourth-order valence-electron chi connectivity index (χ4n) is 4.12. The lowest BCUT2D eigenvalue weighted by Gasteiger charge is -2.29. The zero-order chi connectivity index (χ0) is 22.2. The van der Waals surface area contributed by atoms with Crippen LogP contribution in [0.15, 0.2) is 42.5 Å². The molecule has 0 aliphatic carbocycles. The number of quaternary nitrogens is 2. The number of carbonyl (C=O) groups excluding carboxylic acids is 1. The second-order valence-corrected chi connectivity index (χ2v) is 8.10. The van der Waals surface area contributed by atoms with Gasteiger partial charge in [0.25, 0.3) is 5.91 Å². The van der Waals surface area contributed by atoms with Crippen LogP contribution in [-0.4, -0.2) is 60.0 Å². The minimum Gasteiger partial charge on any atom is -0.497 e. The van der Waals surface area contributed by atoms with Gasteiger partial charge in [-0.15, -0.1) is 0 Å². The van der Waals surface area contributed by atoms with E-state index in [1.165, 1.54) is 10.5 Å². The zero-order valence-corrected chi connectivity index (χ0v) is 19.0. The number of hydrogen-bond acceptors (Lipinski definition) is 4. The molecule has 1 amide bonds. The summed E-state index contributed by atoms with van der Waals surface area (Å²) in [6.45, 7) is 7.59. The fraction of sp³-hybridized carbons (Fsp3) is 0.458. The number of piperazine rings is 1. The molecule has 1 heterocycles. The van der Waals surface area contributed by atoms with Gasteiger partial charge in [0.1, 0.15) is 50.0 Å². The molecule has 7 heteroatoms. The molecular formula is C24H35N3O4+2. The van der Waals surface area contributed by atoms with E-state index in [0.717, 1.165) is 55.5 Å². The summed E-state index contributed by atoms with van der Waals surface area (Å²) >= 11 is 0. The van der Waals surface area contributed by atoms with E-state index in [9.17, 15) is 4.79 Å². The van der Waals surface area contributed by atoms with E-state index >= 15 is 0 Å². The summed E-state index contributed by atoms with van der Waals surface area (Å²) in [7, 11) is 4.96. The second-order valence-electron chi connectivity index (χ2n) is 8.10. The van der Waals surface area contributed by atoms with Gasteiger partial charge in [0.15, 0.2) is 6.54 Å². The van der Waals surface area contributed by atoms with Crippen molar-refractivity contribution in [3.63, 3.8) is 0 Å². The molecule has 0 spiro atoms. The van der Waals surface area contributed by atoms with Gasteiger partial charge in [0.2, 0.25) is 0 Å². The van der Waals surface area contributed by atoms with E-state index in [0.29, 0.717) is 6.54 Å². The summed E-state index contributed by atoms with van der Waals surface area (Å²) in [4.78, 5) is 15.6. The Morgan fingerprint density at radius 1 is 0.903 bits per heavy atom. The summed E-state index contributed by atoms with van der Waals surface area (Å²) in [5.41, 5.74) is 2.23. The van der Waals surface area contributed by atoms with E-state index in [1.807, 2.05) is 37.3 Å². The van der Waals surface area contributed by atoms with Gasteiger partial charge in [-0.1, -0.05) is 0 Å². The van der Waals surface area contributed by atoms with Crippen LogP contribution in [0.25, 0.3) is 0 Å². The Kier molecular flexibility index (Phi) is 8.14. The van der Waals surface area contributed by atoms with Gasteiger partial charge in [0, 0.05) is 11.1 Å². The van der Waals surface area contributed by atoms with Crippen LogP contribution in [-0.2, 0) is 11.3 Å². The second kappa shape index (κ2) is 11.0. The van der Waals surface area contributed by atoms with Crippen molar-refractivity contribution >= 4 is 5.91 Å². The maximum atomic E-state index is 12.7. The largest absolute Gasteiger partial charge is 0.497 e. The Morgan fingerprint density at radius 2 is 1.52 bits per heavy atom. The topological polar surface area (TPSA) is 65.7 Å². The normalized spacial score (nSPS) is 19.4. The predicted octanol–water partition coefficient (Wildman–Crippen LogP) is -0.127. The fourth-order valence-corrected chi connectivity index (χ4v) is 4.12. The van der Waals surface area contributed by atoms with E-state index < -0.39 is 0 Å². The molecule has 168 valence electrons. The van der Waals surface area contributed by atoms with Gasteiger partial charge < -0.3 is 29.3 Å². The summed E-state index contributed by atoms with van der Waals surface area (Å²) in [6.07, 6.45) is 0. The van der Waals surface area contributed by atoms with Crippen molar-refractivity contribution in [3.05, 3.63) is 53.6 Å². The van der Waals surface area contributed by atoms with Crippen LogP contribution in [0.5, 0.6) is 17.2 Å². The van der Waals surface area contributed by atoms with Gasteiger partial charge in [0.05, 0.1) is 27.4 Å². The summed E-state index contributed by atoms with van der Waals surface area (Å²) in [6, 6.07) is 13.8. The molecule has 1 aliphatic rings. The lowest BCUT2D eigenvalue weighted by molar-refractivity contribution is -1.02. The number of nitrogens with one attached hydrogen (secondary N) is 3. The van der Waals surface area contributed by atoms with E-state index in [4.69, 9.17) is 14.2 Å². The third-order valence-electron chi connectivity index (χ3n) is 5.97. The number of ether oxygens (including phenoxy) is 3. The highest BCUT2D eigenvalue weighted by Gasteiger charge is 2.26. The molecule has 0 saturated carbocycles. The number of carbonyl (C=O) groups is 1. The van der Waals surface area contributed by atoms with Gasteiger partial charge >= 0.3 is 0 Å². The smallest absolute Gasteiger partial charge is 0.275 e.